The number of aromatic nitrogens is 1. The van der Waals surface area contributed by atoms with Crippen LogP contribution in [0.1, 0.15) is 44.3 Å². The van der Waals surface area contributed by atoms with E-state index in [2.05, 4.69) is 4.98 Å². The quantitative estimate of drug-likeness (QED) is 0.138. The number of ketones is 1. The first kappa shape index (κ1) is 27.5. The molecule has 1 atom stereocenters. The zero-order valence-electron chi connectivity index (χ0n) is 21.4. The van der Waals surface area contributed by atoms with Gasteiger partial charge in [-0.05, 0) is 73.5 Å². The maximum absolute atomic E-state index is 13.9. The molecule has 9 heteroatoms. The molecule has 4 aromatic rings. The zero-order chi connectivity index (χ0) is 28.1. The lowest BCUT2D eigenvalue weighted by Gasteiger charge is -2.26. The molecule has 7 nitrogen and oxygen atoms in total. The van der Waals surface area contributed by atoms with Crippen molar-refractivity contribution in [1.82, 2.24) is 4.98 Å². The van der Waals surface area contributed by atoms with Crippen LogP contribution in [-0.2, 0) is 9.47 Å². The van der Waals surface area contributed by atoms with Crippen LogP contribution in [0.4, 0.5) is 20.6 Å². The van der Waals surface area contributed by atoms with Gasteiger partial charge in [0.1, 0.15) is 5.82 Å². The van der Waals surface area contributed by atoms with Crippen LogP contribution in [-0.4, -0.2) is 29.1 Å². The predicted molar refractivity (Wildman–Crippen MR) is 145 cm³/mol. The van der Waals surface area contributed by atoms with Crippen molar-refractivity contribution < 1.29 is 28.2 Å². The fraction of sp³-hybridized carbons (Fsp3) is 0.133. The van der Waals surface area contributed by atoms with Gasteiger partial charge in [-0.2, -0.15) is 0 Å². The summed E-state index contributed by atoms with van der Waals surface area (Å²) >= 11 is 6.54. The van der Waals surface area contributed by atoms with Crippen LogP contribution in [0.15, 0.2) is 85.2 Å². The van der Waals surface area contributed by atoms with Gasteiger partial charge in [0.15, 0.2) is 5.78 Å². The maximum atomic E-state index is 13.9. The number of aryl methyl sites for hydroxylation is 2. The summed E-state index contributed by atoms with van der Waals surface area (Å²) in [6, 6.07) is 18.6. The molecule has 1 unspecified atom stereocenters. The molecule has 0 radical (unpaired) electrons. The maximum Gasteiger partial charge on any atom is 0.422 e. The van der Waals surface area contributed by atoms with Gasteiger partial charge in [0.2, 0.25) is 6.29 Å². The number of hydrogen-bond acceptors (Lipinski definition) is 6. The highest BCUT2D eigenvalue weighted by Crippen LogP contribution is 2.34. The summed E-state index contributed by atoms with van der Waals surface area (Å²) in [7, 11) is 0. The number of ether oxygens (including phenoxy) is 2. The van der Waals surface area contributed by atoms with E-state index in [0.29, 0.717) is 16.8 Å². The molecule has 0 saturated heterocycles. The third-order valence-electron chi connectivity index (χ3n) is 5.86. The van der Waals surface area contributed by atoms with Crippen LogP contribution in [0.25, 0.3) is 0 Å². The summed E-state index contributed by atoms with van der Waals surface area (Å²) in [5.41, 5.74) is 2.73. The first-order valence-corrected chi connectivity index (χ1v) is 12.3. The molecule has 0 bridgehead atoms. The number of esters is 1. The van der Waals surface area contributed by atoms with Gasteiger partial charge in [-0.3, -0.25) is 9.78 Å². The lowest BCUT2D eigenvalue weighted by Crippen LogP contribution is -2.32. The fourth-order valence-corrected chi connectivity index (χ4v) is 4.19. The van der Waals surface area contributed by atoms with Crippen LogP contribution in [0, 0.1) is 19.7 Å². The molecule has 0 spiro atoms. The van der Waals surface area contributed by atoms with Crippen molar-refractivity contribution in [3.8, 4) is 0 Å². The van der Waals surface area contributed by atoms with Gasteiger partial charge >= 0.3 is 12.1 Å². The van der Waals surface area contributed by atoms with Gasteiger partial charge < -0.3 is 9.47 Å². The molecular formula is C30H24ClFN2O5. The van der Waals surface area contributed by atoms with E-state index in [9.17, 15) is 18.8 Å². The number of halogens is 2. The normalized spacial score (nSPS) is 11.4. The van der Waals surface area contributed by atoms with Crippen molar-refractivity contribution in [1.29, 1.82) is 0 Å². The Hall–Kier alpha value is -4.56. The SMILES string of the molecule is Cc1ccccc1C(=O)c1ccc(N(C(=O)OC(C)OC(=O)c2cccnc2)c2ccc(F)cc2C)cc1Cl. The van der Waals surface area contributed by atoms with E-state index < -0.39 is 24.2 Å². The Morgan fingerprint density at radius 3 is 2.33 bits per heavy atom. The van der Waals surface area contributed by atoms with E-state index in [1.165, 1.54) is 61.8 Å². The van der Waals surface area contributed by atoms with Crippen LogP contribution in [0.2, 0.25) is 5.02 Å². The molecule has 198 valence electrons. The molecule has 1 heterocycles. The molecule has 0 saturated carbocycles. The largest absolute Gasteiger partial charge is 0.422 e. The number of carbonyl (C=O) groups excluding carboxylic acids is 3. The van der Waals surface area contributed by atoms with Crippen molar-refractivity contribution in [3.05, 3.63) is 124 Å². The predicted octanol–water partition coefficient (Wildman–Crippen LogP) is 7.20. The van der Waals surface area contributed by atoms with Gasteiger partial charge in [-0.25, -0.2) is 18.9 Å². The standard InChI is InChI=1S/C30H24ClFN2O5/c1-18-7-4-5-9-24(18)28(35)25-12-11-23(16-26(25)31)34(27-13-10-22(32)15-19(27)2)30(37)39-20(3)38-29(36)21-8-6-14-33-17-21/h4-17,20H,1-3H3. The van der Waals surface area contributed by atoms with Crippen LogP contribution in [0.3, 0.4) is 0 Å². The molecule has 39 heavy (non-hydrogen) atoms. The summed E-state index contributed by atoms with van der Waals surface area (Å²) < 4.78 is 24.5. The number of pyridine rings is 1. The highest BCUT2D eigenvalue weighted by molar-refractivity contribution is 6.35. The second kappa shape index (κ2) is 11.9. The first-order valence-electron chi connectivity index (χ1n) is 11.9. The molecule has 1 aromatic heterocycles. The van der Waals surface area contributed by atoms with Gasteiger partial charge in [0.25, 0.3) is 0 Å². The zero-order valence-corrected chi connectivity index (χ0v) is 22.1. The lowest BCUT2D eigenvalue weighted by atomic mass is 9.99. The van der Waals surface area contributed by atoms with Crippen molar-refractivity contribution in [2.45, 2.75) is 27.1 Å². The number of nitrogens with zero attached hydrogens (tertiary/aromatic N) is 2. The van der Waals surface area contributed by atoms with Gasteiger partial charge in [-0.15, -0.1) is 0 Å². The number of amides is 1. The van der Waals surface area contributed by atoms with Crippen molar-refractivity contribution >= 4 is 40.8 Å². The Labute approximate surface area is 229 Å². The minimum atomic E-state index is -1.27. The van der Waals surface area contributed by atoms with Crippen LogP contribution >= 0.6 is 11.6 Å². The molecule has 3 aromatic carbocycles. The van der Waals surface area contributed by atoms with E-state index in [4.69, 9.17) is 21.1 Å². The number of hydrogen-bond donors (Lipinski definition) is 0. The summed E-state index contributed by atoms with van der Waals surface area (Å²) in [4.78, 5) is 43.9. The van der Waals surface area contributed by atoms with Crippen LogP contribution < -0.4 is 4.90 Å². The van der Waals surface area contributed by atoms with Crippen molar-refractivity contribution in [2.75, 3.05) is 4.90 Å². The molecule has 0 aliphatic rings. The molecule has 0 aliphatic carbocycles. The second-order valence-corrected chi connectivity index (χ2v) is 9.08. The Balaban J connectivity index is 1.64. The lowest BCUT2D eigenvalue weighted by molar-refractivity contribution is -0.0576. The summed E-state index contributed by atoms with van der Waals surface area (Å²) in [6.07, 6.45) is 0.650. The second-order valence-electron chi connectivity index (χ2n) is 8.67. The topological polar surface area (TPSA) is 85.8 Å². The molecule has 4 rings (SSSR count). The van der Waals surface area contributed by atoms with E-state index in [1.54, 1.807) is 25.1 Å². The summed E-state index contributed by atoms with van der Waals surface area (Å²) in [5, 5.41) is 0.106. The molecular weight excluding hydrogens is 523 g/mol. The van der Waals surface area contributed by atoms with Crippen molar-refractivity contribution in [2.24, 2.45) is 0 Å². The van der Waals surface area contributed by atoms with E-state index in [1.807, 2.05) is 19.1 Å². The highest BCUT2D eigenvalue weighted by atomic mass is 35.5. The number of anilines is 2. The molecule has 0 N–H and O–H groups in total. The molecule has 0 fully saturated rings. The average molecular weight is 547 g/mol. The monoisotopic (exact) mass is 546 g/mol. The van der Waals surface area contributed by atoms with Crippen molar-refractivity contribution in [3.63, 3.8) is 0 Å². The van der Waals surface area contributed by atoms with E-state index in [-0.39, 0.29) is 27.6 Å². The molecule has 0 aliphatic heterocycles. The van der Waals surface area contributed by atoms with Gasteiger partial charge in [0.05, 0.1) is 22.0 Å². The Morgan fingerprint density at radius 2 is 1.67 bits per heavy atom. The first-order chi connectivity index (χ1) is 18.7. The fourth-order valence-electron chi connectivity index (χ4n) is 3.93. The third-order valence-corrected chi connectivity index (χ3v) is 6.18. The number of benzene rings is 3. The Kier molecular flexibility index (Phi) is 8.36. The summed E-state index contributed by atoms with van der Waals surface area (Å²) in [6.45, 7) is 4.84. The minimum absolute atomic E-state index is 0.106. The van der Waals surface area contributed by atoms with Gasteiger partial charge in [-0.1, -0.05) is 35.9 Å². The smallest absolute Gasteiger partial charge is 0.422 e. The third kappa shape index (κ3) is 6.30. The molecule has 1 amide bonds. The van der Waals surface area contributed by atoms with E-state index >= 15 is 0 Å². The van der Waals surface area contributed by atoms with Crippen LogP contribution in [0.5, 0.6) is 0 Å². The highest BCUT2D eigenvalue weighted by Gasteiger charge is 2.26. The number of carbonyl (C=O) groups is 3. The summed E-state index contributed by atoms with van der Waals surface area (Å²) in [5.74, 6) is -1.48. The van der Waals surface area contributed by atoms with E-state index in [0.717, 1.165) is 10.5 Å². The Bertz CT molecular complexity index is 1540. The van der Waals surface area contributed by atoms with Gasteiger partial charge in [0, 0.05) is 30.4 Å². The average Bonchev–Trinajstić information content (AvgIpc) is 2.90. The number of rotatable bonds is 7. The minimum Gasteiger partial charge on any atom is -0.422 e. The Morgan fingerprint density at radius 1 is 0.897 bits per heavy atom.